The van der Waals surface area contributed by atoms with E-state index in [0.717, 1.165) is 18.6 Å². The van der Waals surface area contributed by atoms with Crippen LogP contribution in [-0.4, -0.2) is 33.1 Å². The Kier molecular flexibility index (Phi) is 4.70. The van der Waals surface area contributed by atoms with E-state index in [1.807, 2.05) is 18.7 Å². The molecule has 1 N–H and O–H groups in total. The highest BCUT2D eigenvalue weighted by atomic mass is 19.1. The Morgan fingerprint density at radius 2 is 2.11 bits per heavy atom. The van der Waals surface area contributed by atoms with Crippen LogP contribution in [0.15, 0.2) is 36.7 Å². The molecular formula is C20H21F2N5O. The summed E-state index contributed by atoms with van der Waals surface area (Å²) in [5.74, 6) is -0.530. The molecule has 0 radical (unpaired) electrons. The lowest BCUT2D eigenvalue weighted by Crippen LogP contribution is -2.30. The van der Waals surface area contributed by atoms with E-state index in [1.54, 1.807) is 12.3 Å². The molecular weight excluding hydrogens is 364 g/mol. The second kappa shape index (κ2) is 7.18. The molecule has 0 bridgehead atoms. The molecule has 4 rings (SSSR count). The number of nitrogens with one attached hydrogen (secondary N) is 1. The normalized spacial score (nSPS) is 16.9. The lowest BCUT2D eigenvalue weighted by molar-refractivity contribution is 0.0944. The zero-order valence-corrected chi connectivity index (χ0v) is 15.7. The smallest absolute Gasteiger partial charge is 0.256 e. The minimum absolute atomic E-state index is 0.00968. The van der Waals surface area contributed by atoms with E-state index in [4.69, 9.17) is 0 Å². The maximum atomic E-state index is 14.3. The van der Waals surface area contributed by atoms with Crippen LogP contribution in [0.5, 0.6) is 0 Å². The molecule has 6 nitrogen and oxygen atoms in total. The van der Waals surface area contributed by atoms with Crippen molar-refractivity contribution in [2.45, 2.75) is 38.8 Å². The zero-order valence-electron chi connectivity index (χ0n) is 15.7. The number of benzene rings is 1. The standard InChI is InChI=1S/C20H21F2N5O/c1-12(2)24-20(28)15-11-23-27-9-7-18(25-19(15)27)26-8-3-4-17(26)14-10-13(21)5-6-16(14)22/h5-7,9-12,17H,3-4,8H2,1-2H3,(H,24,28)/t17-/m1/s1. The second-order valence-corrected chi connectivity index (χ2v) is 7.26. The zero-order chi connectivity index (χ0) is 19.8. The van der Waals surface area contributed by atoms with Crippen molar-refractivity contribution in [1.29, 1.82) is 0 Å². The van der Waals surface area contributed by atoms with Gasteiger partial charge in [0.25, 0.3) is 5.91 Å². The Labute approximate surface area is 161 Å². The Morgan fingerprint density at radius 1 is 1.29 bits per heavy atom. The van der Waals surface area contributed by atoms with Crippen molar-refractivity contribution in [1.82, 2.24) is 19.9 Å². The highest BCUT2D eigenvalue weighted by Crippen LogP contribution is 2.36. The number of aromatic nitrogens is 3. The summed E-state index contributed by atoms with van der Waals surface area (Å²) in [7, 11) is 0. The SMILES string of the molecule is CC(C)NC(=O)c1cnn2ccc(N3CCC[C@@H]3c3cc(F)ccc3F)nc12. The summed E-state index contributed by atoms with van der Waals surface area (Å²) in [5, 5.41) is 7.02. The molecule has 1 amide bonds. The van der Waals surface area contributed by atoms with Crippen molar-refractivity contribution >= 4 is 17.4 Å². The predicted molar refractivity (Wildman–Crippen MR) is 101 cm³/mol. The van der Waals surface area contributed by atoms with Gasteiger partial charge in [-0.05, 0) is 51.0 Å². The summed E-state index contributed by atoms with van der Waals surface area (Å²) in [4.78, 5) is 19.0. The van der Waals surface area contributed by atoms with E-state index in [1.165, 1.54) is 16.8 Å². The molecule has 0 aliphatic carbocycles. The van der Waals surface area contributed by atoms with Gasteiger partial charge in [-0.25, -0.2) is 18.3 Å². The molecule has 1 aliphatic rings. The number of hydrogen-bond donors (Lipinski definition) is 1. The molecule has 1 aliphatic heterocycles. The highest BCUT2D eigenvalue weighted by Gasteiger charge is 2.30. The first-order valence-corrected chi connectivity index (χ1v) is 9.31. The Bertz CT molecular complexity index is 1030. The minimum Gasteiger partial charge on any atom is -0.350 e. The number of rotatable bonds is 4. The van der Waals surface area contributed by atoms with Crippen LogP contribution in [0, 0.1) is 11.6 Å². The summed E-state index contributed by atoms with van der Waals surface area (Å²) < 4.78 is 29.5. The van der Waals surface area contributed by atoms with Crippen molar-refractivity contribution in [3.8, 4) is 0 Å². The van der Waals surface area contributed by atoms with E-state index in [0.29, 0.717) is 35.6 Å². The van der Waals surface area contributed by atoms with E-state index >= 15 is 0 Å². The van der Waals surface area contributed by atoms with E-state index in [9.17, 15) is 13.6 Å². The first-order valence-electron chi connectivity index (χ1n) is 9.31. The number of halogens is 2. The van der Waals surface area contributed by atoms with E-state index < -0.39 is 11.6 Å². The molecule has 146 valence electrons. The predicted octanol–water partition coefficient (Wildman–Crippen LogP) is 3.49. The quantitative estimate of drug-likeness (QED) is 0.747. The van der Waals surface area contributed by atoms with Crippen LogP contribution in [0.25, 0.3) is 5.65 Å². The number of amides is 1. The van der Waals surface area contributed by atoms with Gasteiger partial charge in [0.15, 0.2) is 5.65 Å². The van der Waals surface area contributed by atoms with Gasteiger partial charge in [0, 0.05) is 24.3 Å². The van der Waals surface area contributed by atoms with Crippen LogP contribution in [0.1, 0.15) is 48.7 Å². The van der Waals surface area contributed by atoms with Crippen LogP contribution in [0.4, 0.5) is 14.6 Å². The molecule has 1 aromatic carbocycles. The Hall–Kier alpha value is -3.03. The van der Waals surface area contributed by atoms with Gasteiger partial charge in [-0.15, -0.1) is 0 Å². The average Bonchev–Trinajstić information content (AvgIpc) is 3.29. The highest BCUT2D eigenvalue weighted by molar-refractivity contribution is 5.99. The van der Waals surface area contributed by atoms with Gasteiger partial charge in [-0.2, -0.15) is 5.10 Å². The topological polar surface area (TPSA) is 62.5 Å². The summed E-state index contributed by atoms with van der Waals surface area (Å²) in [6.07, 6.45) is 4.75. The lowest BCUT2D eigenvalue weighted by Gasteiger charge is -2.26. The van der Waals surface area contributed by atoms with Crippen LogP contribution < -0.4 is 10.2 Å². The molecule has 3 aromatic rings. The van der Waals surface area contributed by atoms with Gasteiger partial charge in [0.2, 0.25) is 0 Å². The van der Waals surface area contributed by atoms with Gasteiger partial charge >= 0.3 is 0 Å². The first-order chi connectivity index (χ1) is 13.4. The monoisotopic (exact) mass is 385 g/mol. The maximum absolute atomic E-state index is 14.3. The first kappa shape index (κ1) is 18.3. The molecule has 8 heteroatoms. The fraction of sp³-hybridized carbons (Fsp3) is 0.350. The van der Waals surface area contributed by atoms with Crippen molar-refractivity contribution < 1.29 is 13.6 Å². The van der Waals surface area contributed by atoms with E-state index in [2.05, 4.69) is 15.4 Å². The molecule has 1 saturated heterocycles. The maximum Gasteiger partial charge on any atom is 0.256 e. The molecule has 0 saturated carbocycles. The number of hydrogen-bond acceptors (Lipinski definition) is 4. The third-order valence-corrected chi connectivity index (χ3v) is 4.88. The molecule has 3 heterocycles. The molecule has 1 fully saturated rings. The van der Waals surface area contributed by atoms with Gasteiger partial charge in [-0.1, -0.05) is 0 Å². The molecule has 1 atom stereocenters. The van der Waals surface area contributed by atoms with E-state index in [-0.39, 0.29) is 18.0 Å². The minimum atomic E-state index is -0.463. The van der Waals surface area contributed by atoms with Gasteiger partial charge < -0.3 is 10.2 Å². The third kappa shape index (κ3) is 3.30. The van der Waals surface area contributed by atoms with Crippen LogP contribution in [0.2, 0.25) is 0 Å². The van der Waals surface area contributed by atoms with Crippen molar-refractivity contribution in [2.24, 2.45) is 0 Å². The fourth-order valence-electron chi connectivity index (χ4n) is 3.65. The largest absolute Gasteiger partial charge is 0.350 e. The average molecular weight is 385 g/mol. The second-order valence-electron chi connectivity index (χ2n) is 7.26. The number of anilines is 1. The fourth-order valence-corrected chi connectivity index (χ4v) is 3.65. The number of carbonyl (C=O) groups is 1. The summed E-state index contributed by atoms with van der Waals surface area (Å²) in [6, 6.07) is 4.99. The molecule has 0 unspecified atom stereocenters. The van der Waals surface area contributed by atoms with Gasteiger partial charge in [0.1, 0.15) is 23.0 Å². The summed E-state index contributed by atoms with van der Waals surface area (Å²) in [6.45, 7) is 4.43. The van der Waals surface area contributed by atoms with Gasteiger partial charge in [0.05, 0.1) is 12.2 Å². The number of nitrogens with zero attached hydrogens (tertiary/aromatic N) is 4. The van der Waals surface area contributed by atoms with Crippen LogP contribution in [0.3, 0.4) is 0 Å². The van der Waals surface area contributed by atoms with Crippen LogP contribution in [-0.2, 0) is 0 Å². The molecule has 2 aromatic heterocycles. The lowest BCUT2D eigenvalue weighted by atomic mass is 10.0. The van der Waals surface area contributed by atoms with Crippen molar-refractivity contribution in [2.75, 3.05) is 11.4 Å². The van der Waals surface area contributed by atoms with Crippen molar-refractivity contribution in [3.63, 3.8) is 0 Å². The summed E-state index contributed by atoms with van der Waals surface area (Å²) >= 11 is 0. The number of carbonyl (C=O) groups excluding carboxylic acids is 1. The van der Waals surface area contributed by atoms with Crippen LogP contribution >= 0.6 is 0 Å². The van der Waals surface area contributed by atoms with Crippen molar-refractivity contribution in [3.05, 3.63) is 59.4 Å². The molecule has 28 heavy (non-hydrogen) atoms. The Balaban J connectivity index is 1.72. The molecule has 0 spiro atoms. The Morgan fingerprint density at radius 3 is 2.89 bits per heavy atom. The van der Waals surface area contributed by atoms with Gasteiger partial charge in [-0.3, -0.25) is 4.79 Å². The number of fused-ring (bicyclic) bond motifs is 1. The summed E-state index contributed by atoms with van der Waals surface area (Å²) in [5.41, 5.74) is 1.13. The third-order valence-electron chi connectivity index (χ3n) is 4.88.